The molecule has 10 nitrogen and oxygen atoms in total. The molecule has 1 amide bonds. The molecule has 2 rings (SSSR count). The van der Waals surface area contributed by atoms with Crippen LogP contribution < -0.4 is 19.6 Å². The zero-order valence-corrected chi connectivity index (χ0v) is 14.8. The van der Waals surface area contributed by atoms with Gasteiger partial charge in [0.05, 0.1) is 38.0 Å². The molecule has 0 aliphatic carbocycles. The quantitative estimate of drug-likeness (QED) is 0.430. The minimum Gasteiger partial charge on any atom is -0.500 e. The Morgan fingerprint density at radius 3 is 2.44 bits per heavy atom. The van der Waals surface area contributed by atoms with E-state index in [0.29, 0.717) is 11.5 Å². The second kappa shape index (κ2) is 8.52. The van der Waals surface area contributed by atoms with Crippen LogP contribution in [0.25, 0.3) is 0 Å². The number of aromatic hydroxyl groups is 1. The zero-order valence-electron chi connectivity index (χ0n) is 14.8. The number of methoxy groups -OCH3 is 3. The molecule has 0 spiro atoms. The van der Waals surface area contributed by atoms with Crippen molar-refractivity contribution in [2.45, 2.75) is 0 Å². The van der Waals surface area contributed by atoms with E-state index < -0.39 is 22.3 Å². The number of carbonyl (C=O) groups is 1. The number of carbonyl (C=O) groups excluding carboxylic acids is 1. The maximum absolute atomic E-state index is 12.2. The Balaban J connectivity index is 2.21. The van der Waals surface area contributed by atoms with Crippen molar-refractivity contribution in [3.05, 3.63) is 51.6 Å². The van der Waals surface area contributed by atoms with Crippen LogP contribution in [0.4, 0.5) is 5.69 Å². The van der Waals surface area contributed by atoms with E-state index in [2.05, 4.69) is 10.5 Å². The van der Waals surface area contributed by atoms with Crippen LogP contribution in [-0.2, 0) is 0 Å². The van der Waals surface area contributed by atoms with Gasteiger partial charge in [-0.25, -0.2) is 5.43 Å². The summed E-state index contributed by atoms with van der Waals surface area (Å²) in [6, 6.07) is 7.09. The molecule has 10 heteroatoms. The van der Waals surface area contributed by atoms with Crippen LogP contribution in [-0.4, -0.2) is 43.5 Å². The van der Waals surface area contributed by atoms with Crippen molar-refractivity contribution in [2.75, 3.05) is 21.3 Å². The lowest BCUT2D eigenvalue weighted by molar-refractivity contribution is -0.386. The van der Waals surface area contributed by atoms with Crippen LogP contribution in [0.2, 0.25) is 0 Å². The number of nitrogens with zero attached hydrogens (tertiary/aromatic N) is 2. The van der Waals surface area contributed by atoms with E-state index in [1.807, 2.05) is 0 Å². The van der Waals surface area contributed by atoms with Gasteiger partial charge in [0.1, 0.15) is 11.5 Å². The summed E-state index contributed by atoms with van der Waals surface area (Å²) in [5, 5.41) is 24.5. The van der Waals surface area contributed by atoms with Gasteiger partial charge in [0.2, 0.25) is 5.75 Å². The predicted octanol–water partition coefficient (Wildman–Crippen LogP) is 2.09. The summed E-state index contributed by atoms with van der Waals surface area (Å²) >= 11 is 0. The maximum atomic E-state index is 12.2. The Hall–Kier alpha value is -3.82. The molecule has 2 aromatic carbocycles. The minimum absolute atomic E-state index is 0.0891. The van der Waals surface area contributed by atoms with E-state index in [0.717, 1.165) is 6.07 Å². The van der Waals surface area contributed by atoms with Crippen molar-refractivity contribution >= 4 is 17.8 Å². The highest BCUT2D eigenvalue weighted by Crippen LogP contribution is 2.36. The average molecular weight is 375 g/mol. The first-order valence-corrected chi connectivity index (χ1v) is 7.52. The average Bonchev–Trinajstić information content (AvgIpc) is 2.67. The van der Waals surface area contributed by atoms with Crippen LogP contribution in [0, 0.1) is 10.1 Å². The van der Waals surface area contributed by atoms with Crippen LogP contribution in [0.5, 0.6) is 23.0 Å². The van der Waals surface area contributed by atoms with Gasteiger partial charge in [0.15, 0.2) is 5.75 Å². The number of nitro groups is 1. The Morgan fingerprint density at radius 1 is 1.15 bits per heavy atom. The molecule has 0 saturated carbocycles. The summed E-state index contributed by atoms with van der Waals surface area (Å²) in [6.07, 6.45) is 1.18. The number of hydrogen-bond acceptors (Lipinski definition) is 8. The number of benzene rings is 2. The van der Waals surface area contributed by atoms with Gasteiger partial charge >= 0.3 is 5.69 Å². The predicted molar refractivity (Wildman–Crippen MR) is 95.9 cm³/mol. The summed E-state index contributed by atoms with van der Waals surface area (Å²) in [5.41, 5.74) is 2.23. The summed E-state index contributed by atoms with van der Waals surface area (Å²) in [7, 11) is 4.16. The Bertz CT molecular complexity index is 896. The summed E-state index contributed by atoms with van der Waals surface area (Å²) in [4.78, 5) is 22.5. The van der Waals surface area contributed by atoms with E-state index in [1.165, 1.54) is 39.7 Å². The van der Waals surface area contributed by atoms with Gasteiger partial charge < -0.3 is 19.3 Å². The minimum atomic E-state index is -0.754. The van der Waals surface area contributed by atoms with Crippen molar-refractivity contribution in [1.29, 1.82) is 0 Å². The van der Waals surface area contributed by atoms with E-state index in [1.54, 1.807) is 12.1 Å². The number of amides is 1. The first-order chi connectivity index (χ1) is 12.9. The number of hydrogen-bond donors (Lipinski definition) is 2. The van der Waals surface area contributed by atoms with E-state index in [9.17, 15) is 20.0 Å². The number of nitro benzene ring substituents is 1. The molecule has 0 unspecified atom stereocenters. The second-order valence-corrected chi connectivity index (χ2v) is 5.11. The number of ether oxygens (including phenoxy) is 3. The molecular formula is C17H17N3O7. The third kappa shape index (κ3) is 4.42. The number of nitrogens with one attached hydrogen (secondary N) is 1. The standard InChI is InChI=1S/C17H17N3O7/c1-25-11-4-5-12(14(8-11)26-2)17(22)19-18-9-10-6-13(20(23)24)16(21)15(7-10)27-3/h4-9,21H,1-3H3,(H,19,22)/b18-9+. The lowest BCUT2D eigenvalue weighted by Crippen LogP contribution is -2.18. The van der Waals surface area contributed by atoms with Crippen LogP contribution in [0.1, 0.15) is 15.9 Å². The van der Waals surface area contributed by atoms with Gasteiger partial charge in [-0.1, -0.05) is 0 Å². The normalized spacial score (nSPS) is 10.5. The highest BCUT2D eigenvalue weighted by Gasteiger charge is 2.19. The Labute approximate surface area is 154 Å². The highest BCUT2D eigenvalue weighted by molar-refractivity contribution is 5.97. The number of hydrazone groups is 1. The topological polar surface area (TPSA) is 133 Å². The SMILES string of the molecule is COc1ccc(C(=O)N/N=C/c2cc(OC)c(O)c([N+](=O)[O-])c2)c(OC)c1. The molecule has 27 heavy (non-hydrogen) atoms. The van der Waals surface area contributed by atoms with Gasteiger partial charge in [-0.3, -0.25) is 14.9 Å². The molecule has 0 radical (unpaired) electrons. The van der Waals surface area contributed by atoms with E-state index >= 15 is 0 Å². The Morgan fingerprint density at radius 2 is 1.85 bits per heavy atom. The summed E-state index contributed by atoms with van der Waals surface area (Å²) in [5.74, 6) is -0.411. The summed E-state index contributed by atoms with van der Waals surface area (Å²) < 4.78 is 15.1. The molecule has 142 valence electrons. The number of phenolic OH excluding ortho intramolecular Hbond substituents is 1. The second-order valence-electron chi connectivity index (χ2n) is 5.11. The molecule has 0 fully saturated rings. The van der Waals surface area contributed by atoms with Gasteiger partial charge in [-0.15, -0.1) is 0 Å². The lowest BCUT2D eigenvalue weighted by Gasteiger charge is -2.09. The summed E-state index contributed by atoms with van der Waals surface area (Å²) in [6.45, 7) is 0. The molecule has 2 aromatic rings. The molecule has 0 aliphatic heterocycles. The molecule has 0 aliphatic rings. The van der Waals surface area contributed by atoms with Gasteiger partial charge in [0, 0.05) is 17.7 Å². The zero-order chi connectivity index (χ0) is 20.0. The smallest absolute Gasteiger partial charge is 0.315 e. The van der Waals surface area contributed by atoms with Crippen molar-refractivity contribution in [3.8, 4) is 23.0 Å². The van der Waals surface area contributed by atoms with Crippen molar-refractivity contribution in [1.82, 2.24) is 5.43 Å². The van der Waals surface area contributed by atoms with Crippen molar-refractivity contribution in [2.24, 2.45) is 5.10 Å². The van der Waals surface area contributed by atoms with Crippen LogP contribution >= 0.6 is 0 Å². The molecule has 0 atom stereocenters. The van der Waals surface area contributed by atoms with E-state index in [-0.39, 0.29) is 16.9 Å². The Kier molecular flexibility index (Phi) is 6.15. The fraction of sp³-hybridized carbons (Fsp3) is 0.176. The lowest BCUT2D eigenvalue weighted by atomic mass is 10.2. The number of rotatable bonds is 7. The molecule has 0 heterocycles. The van der Waals surface area contributed by atoms with Crippen LogP contribution in [0.3, 0.4) is 0 Å². The highest BCUT2D eigenvalue weighted by atomic mass is 16.6. The van der Waals surface area contributed by atoms with Crippen LogP contribution in [0.15, 0.2) is 35.4 Å². The fourth-order valence-corrected chi connectivity index (χ4v) is 2.19. The molecular weight excluding hydrogens is 358 g/mol. The third-order valence-electron chi connectivity index (χ3n) is 3.53. The monoisotopic (exact) mass is 375 g/mol. The first kappa shape index (κ1) is 19.5. The molecule has 0 aromatic heterocycles. The maximum Gasteiger partial charge on any atom is 0.315 e. The molecule has 2 N–H and O–H groups in total. The fourth-order valence-electron chi connectivity index (χ4n) is 2.19. The largest absolute Gasteiger partial charge is 0.500 e. The third-order valence-corrected chi connectivity index (χ3v) is 3.53. The van der Waals surface area contributed by atoms with Crippen molar-refractivity contribution < 1.29 is 29.0 Å². The molecule has 0 saturated heterocycles. The van der Waals surface area contributed by atoms with E-state index in [4.69, 9.17) is 14.2 Å². The van der Waals surface area contributed by atoms with Gasteiger partial charge in [-0.05, 0) is 18.2 Å². The molecule has 0 bridgehead atoms. The van der Waals surface area contributed by atoms with Gasteiger partial charge in [-0.2, -0.15) is 5.10 Å². The van der Waals surface area contributed by atoms with Gasteiger partial charge in [0.25, 0.3) is 5.91 Å². The van der Waals surface area contributed by atoms with Crippen molar-refractivity contribution in [3.63, 3.8) is 0 Å². The first-order valence-electron chi connectivity index (χ1n) is 7.52. The number of phenols is 1.